The molecule has 0 radical (unpaired) electrons. The molecule has 0 bridgehead atoms. The normalized spacial score (nSPS) is 22.8. The number of nitrogens with zero attached hydrogens (tertiary/aromatic N) is 3. The van der Waals surface area contributed by atoms with Gasteiger partial charge in [-0.1, -0.05) is 0 Å². The zero-order chi connectivity index (χ0) is 20.9. The number of fused-ring (bicyclic) bond motifs is 2. The maximum atomic E-state index is 14.8. The fourth-order valence-corrected chi connectivity index (χ4v) is 3.80. The molecule has 3 heterocycles. The lowest BCUT2D eigenvalue weighted by molar-refractivity contribution is -0.122. The summed E-state index contributed by atoms with van der Waals surface area (Å²) < 4.78 is 31.9. The number of aliphatic hydroxyl groups is 1. The van der Waals surface area contributed by atoms with Gasteiger partial charge in [-0.25, -0.2) is 13.8 Å². The molecule has 8 nitrogen and oxygen atoms in total. The number of aryl methyl sites for hydroxylation is 1. The zero-order valence-electron chi connectivity index (χ0n) is 15.5. The van der Waals surface area contributed by atoms with Crippen molar-refractivity contribution in [1.29, 1.82) is 0 Å². The van der Waals surface area contributed by atoms with Crippen LogP contribution in [0.1, 0.15) is 17.8 Å². The van der Waals surface area contributed by atoms with E-state index in [0.29, 0.717) is 25.1 Å². The van der Waals surface area contributed by atoms with Gasteiger partial charge in [0.1, 0.15) is 18.0 Å². The van der Waals surface area contributed by atoms with Gasteiger partial charge >= 0.3 is 0 Å². The molecular weight excluding hydrogens is 386 g/mol. The molecular formula is C19H18F2N4O4. The summed E-state index contributed by atoms with van der Waals surface area (Å²) >= 11 is 0. The molecule has 1 aliphatic carbocycles. The van der Waals surface area contributed by atoms with Crippen LogP contribution in [0.5, 0.6) is 0 Å². The molecule has 152 valence electrons. The molecule has 0 aromatic carbocycles. The highest BCUT2D eigenvalue weighted by Crippen LogP contribution is 2.35. The zero-order valence-corrected chi connectivity index (χ0v) is 15.5. The quantitative estimate of drug-likeness (QED) is 0.586. The summed E-state index contributed by atoms with van der Waals surface area (Å²) in [5.41, 5.74) is -0.830. The third-order valence-corrected chi connectivity index (χ3v) is 5.28. The fraction of sp³-hybridized carbons (Fsp3) is 0.368. The van der Waals surface area contributed by atoms with Gasteiger partial charge in [0.05, 0.1) is 17.2 Å². The molecule has 2 N–H and O–H groups in total. The number of aromatic nitrogens is 3. The first-order valence-electron chi connectivity index (χ1n) is 9.09. The Hall–Kier alpha value is -3.30. The Kier molecular flexibility index (Phi) is 4.56. The molecule has 29 heavy (non-hydrogen) atoms. The van der Waals surface area contributed by atoms with Crippen LogP contribution >= 0.6 is 0 Å². The SMILES string of the molecule is CNC(=O)Cn1cc(C2=CC(=CO)C(=O)C(F)C2F)c2c(=O)n3c(nc21)CCC3. The molecule has 0 fully saturated rings. The predicted octanol–water partition coefficient (Wildman–Crippen LogP) is 0.974. The van der Waals surface area contributed by atoms with Crippen molar-refractivity contribution < 1.29 is 23.5 Å². The highest BCUT2D eigenvalue weighted by Gasteiger charge is 2.39. The molecule has 1 amide bonds. The van der Waals surface area contributed by atoms with Gasteiger partial charge in [-0.15, -0.1) is 0 Å². The van der Waals surface area contributed by atoms with Crippen molar-refractivity contribution in [3.05, 3.63) is 45.8 Å². The van der Waals surface area contributed by atoms with E-state index in [2.05, 4.69) is 10.3 Å². The summed E-state index contributed by atoms with van der Waals surface area (Å²) in [6.45, 7) is 0.287. The lowest BCUT2D eigenvalue weighted by Gasteiger charge is -2.21. The molecule has 2 atom stereocenters. The van der Waals surface area contributed by atoms with E-state index >= 15 is 0 Å². The van der Waals surface area contributed by atoms with Crippen molar-refractivity contribution in [2.75, 3.05) is 7.05 Å². The second kappa shape index (κ2) is 6.94. The van der Waals surface area contributed by atoms with Gasteiger partial charge in [0.25, 0.3) is 5.56 Å². The maximum Gasteiger partial charge on any atom is 0.263 e. The van der Waals surface area contributed by atoms with Gasteiger partial charge in [-0.2, -0.15) is 0 Å². The number of Topliss-reactive ketones (excluding diaryl/α,β-unsaturated/α-hetero) is 1. The minimum atomic E-state index is -2.50. The summed E-state index contributed by atoms with van der Waals surface area (Å²) in [4.78, 5) is 41.3. The molecule has 0 saturated heterocycles. The van der Waals surface area contributed by atoms with Gasteiger partial charge < -0.3 is 15.0 Å². The Morgan fingerprint density at radius 2 is 2.14 bits per heavy atom. The monoisotopic (exact) mass is 404 g/mol. The molecule has 2 aromatic heterocycles. The van der Waals surface area contributed by atoms with Gasteiger partial charge in [-0.05, 0) is 18.1 Å². The number of amides is 1. The smallest absolute Gasteiger partial charge is 0.263 e. The fourth-order valence-electron chi connectivity index (χ4n) is 3.80. The molecule has 4 rings (SSSR count). The highest BCUT2D eigenvalue weighted by molar-refractivity contribution is 6.08. The Labute approximate surface area is 163 Å². The van der Waals surface area contributed by atoms with Gasteiger partial charge in [0.15, 0.2) is 12.3 Å². The second-order valence-corrected chi connectivity index (χ2v) is 6.98. The van der Waals surface area contributed by atoms with Crippen LogP contribution in [-0.4, -0.2) is 50.3 Å². The molecule has 1 aliphatic heterocycles. The Balaban J connectivity index is 2.01. The van der Waals surface area contributed by atoms with E-state index in [1.807, 2.05) is 0 Å². The lowest BCUT2D eigenvalue weighted by Crippen LogP contribution is -2.33. The number of rotatable bonds is 3. The first-order valence-corrected chi connectivity index (χ1v) is 9.09. The third kappa shape index (κ3) is 2.86. The van der Waals surface area contributed by atoms with E-state index in [0.717, 1.165) is 12.5 Å². The first-order chi connectivity index (χ1) is 13.9. The van der Waals surface area contributed by atoms with Crippen LogP contribution in [0, 0.1) is 0 Å². The summed E-state index contributed by atoms with van der Waals surface area (Å²) in [6.07, 6.45) is -0.698. The van der Waals surface area contributed by atoms with Crippen molar-refractivity contribution in [2.24, 2.45) is 0 Å². The molecule has 0 saturated carbocycles. The standard InChI is InChI=1S/C19H18F2N4O4/c1-22-13(27)7-24-6-11(10-5-9(8-26)17(28)16(21)15(10)20)14-18(24)23-12-3-2-4-25(12)19(14)29/h5-6,8,15-16,26H,2-4,7H2,1H3,(H,22,27). The number of hydrogen-bond acceptors (Lipinski definition) is 5. The number of allylic oxidation sites excluding steroid dienone is 3. The van der Waals surface area contributed by atoms with Crippen LogP contribution < -0.4 is 10.9 Å². The summed E-state index contributed by atoms with van der Waals surface area (Å²) in [7, 11) is 1.45. The average molecular weight is 404 g/mol. The molecule has 2 unspecified atom stereocenters. The van der Waals surface area contributed by atoms with Crippen molar-refractivity contribution in [3.8, 4) is 0 Å². The summed E-state index contributed by atoms with van der Waals surface area (Å²) in [5.74, 6) is -0.970. The maximum absolute atomic E-state index is 14.8. The van der Waals surface area contributed by atoms with Crippen molar-refractivity contribution in [2.45, 2.75) is 38.3 Å². The van der Waals surface area contributed by atoms with E-state index in [1.54, 1.807) is 0 Å². The minimum absolute atomic E-state index is 0.0469. The number of ketones is 1. The Bertz CT molecular complexity index is 1160. The molecule has 10 heteroatoms. The van der Waals surface area contributed by atoms with E-state index < -0.39 is 29.3 Å². The number of nitrogens with one attached hydrogen (secondary N) is 1. The van der Waals surface area contributed by atoms with Crippen LogP contribution in [0.4, 0.5) is 8.78 Å². The topological polar surface area (TPSA) is 106 Å². The number of carbonyl (C=O) groups excluding carboxylic acids is 2. The summed E-state index contributed by atoms with van der Waals surface area (Å²) in [6, 6.07) is 0. The number of likely N-dealkylation sites (N-methyl/N-ethyl adjacent to an activating group) is 1. The van der Waals surface area contributed by atoms with Crippen LogP contribution in [0.2, 0.25) is 0 Å². The van der Waals surface area contributed by atoms with E-state index in [4.69, 9.17) is 0 Å². The number of hydrogen-bond donors (Lipinski definition) is 2. The molecule has 0 spiro atoms. The van der Waals surface area contributed by atoms with Gasteiger partial charge in [-0.3, -0.25) is 19.0 Å². The van der Waals surface area contributed by atoms with Gasteiger partial charge in [0, 0.05) is 31.8 Å². The van der Waals surface area contributed by atoms with Crippen LogP contribution in [-0.2, 0) is 29.1 Å². The average Bonchev–Trinajstić information content (AvgIpc) is 3.32. The largest absolute Gasteiger partial charge is 0.515 e. The Morgan fingerprint density at radius 3 is 2.83 bits per heavy atom. The molecule has 2 aromatic rings. The van der Waals surface area contributed by atoms with Crippen molar-refractivity contribution >= 4 is 28.3 Å². The first kappa shape index (κ1) is 19.0. The van der Waals surface area contributed by atoms with Gasteiger partial charge in [0.2, 0.25) is 11.7 Å². The minimum Gasteiger partial charge on any atom is -0.515 e. The predicted molar refractivity (Wildman–Crippen MR) is 99.9 cm³/mol. The highest BCUT2D eigenvalue weighted by atomic mass is 19.2. The van der Waals surface area contributed by atoms with Crippen LogP contribution in [0.3, 0.4) is 0 Å². The van der Waals surface area contributed by atoms with Crippen molar-refractivity contribution in [1.82, 2.24) is 19.4 Å². The Morgan fingerprint density at radius 1 is 1.38 bits per heavy atom. The van der Waals surface area contributed by atoms with E-state index in [9.17, 15) is 28.3 Å². The summed E-state index contributed by atoms with van der Waals surface area (Å²) in [5, 5.41) is 11.7. The number of carbonyl (C=O) groups is 2. The van der Waals surface area contributed by atoms with Crippen LogP contribution in [0.15, 0.2) is 28.9 Å². The number of aliphatic hydroxyl groups excluding tert-OH is 1. The number of alkyl halides is 2. The second-order valence-electron chi connectivity index (χ2n) is 6.98. The van der Waals surface area contributed by atoms with Crippen molar-refractivity contribution in [3.63, 3.8) is 0 Å². The van der Waals surface area contributed by atoms with Crippen LogP contribution in [0.25, 0.3) is 16.6 Å². The molecule has 2 aliphatic rings. The van der Waals surface area contributed by atoms with E-state index in [1.165, 1.54) is 22.4 Å². The lowest BCUT2D eigenvalue weighted by atomic mass is 9.87. The number of halogens is 2. The third-order valence-electron chi connectivity index (χ3n) is 5.28. The van der Waals surface area contributed by atoms with E-state index in [-0.39, 0.29) is 34.6 Å².